The molecule has 1 unspecified atom stereocenters. The van der Waals surface area contributed by atoms with Crippen molar-refractivity contribution in [3.8, 4) is 0 Å². The number of alkyl halides is 1. The number of halogens is 1. The number of thiophene rings is 1. The summed E-state index contributed by atoms with van der Waals surface area (Å²) in [6.45, 7) is 3.55. The number of nitrogens with zero attached hydrogens (tertiary/aromatic N) is 4. The molecule has 5 nitrogen and oxygen atoms in total. The Hall–Kier alpha value is -1.76. The molecule has 0 aromatic carbocycles. The number of anilines is 1. The lowest BCUT2D eigenvalue weighted by atomic mass is 9.83. The van der Waals surface area contributed by atoms with E-state index in [0.717, 1.165) is 35.4 Å². The molecule has 1 atom stereocenters. The van der Waals surface area contributed by atoms with Gasteiger partial charge in [-0.15, -0.1) is 11.3 Å². The number of likely N-dealkylation sites (N-methyl/N-ethyl adjacent to an activating group) is 1. The maximum Gasteiger partial charge on any atom is 0.245 e. The molecular weight excluding hydrogens is 339 g/mol. The van der Waals surface area contributed by atoms with Gasteiger partial charge in [0.2, 0.25) is 5.91 Å². The number of carbonyl (C=O) groups excluding carboxylic acids is 1. The Kier molecular flexibility index (Phi) is 4.35. The lowest BCUT2D eigenvalue weighted by Gasteiger charge is -2.35. The lowest BCUT2D eigenvalue weighted by Crippen LogP contribution is -2.47. The van der Waals surface area contributed by atoms with Crippen molar-refractivity contribution >= 4 is 33.3 Å². The van der Waals surface area contributed by atoms with Crippen LogP contribution < -0.4 is 4.90 Å². The van der Waals surface area contributed by atoms with Crippen LogP contribution in [0.15, 0.2) is 12.4 Å². The molecule has 2 fully saturated rings. The van der Waals surface area contributed by atoms with Crippen LogP contribution in [0.1, 0.15) is 30.6 Å². The summed E-state index contributed by atoms with van der Waals surface area (Å²) in [4.78, 5) is 27.9. The minimum absolute atomic E-state index is 0.124. The molecule has 1 aliphatic carbocycles. The fourth-order valence-corrected chi connectivity index (χ4v) is 4.85. The zero-order chi connectivity index (χ0) is 17.6. The molecule has 2 aromatic rings. The molecule has 1 aliphatic heterocycles. The number of carbonyl (C=O) groups is 1. The van der Waals surface area contributed by atoms with Crippen LogP contribution in [-0.4, -0.2) is 53.1 Å². The van der Waals surface area contributed by atoms with E-state index in [-0.39, 0.29) is 11.9 Å². The van der Waals surface area contributed by atoms with Gasteiger partial charge in [-0.25, -0.2) is 14.4 Å². The van der Waals surface area contributed by atoms with Crippen molar-refractivity contribution in [2.45, 2.75) is 44.8 Å². The van der Waals surface area contributed by atoms with Gasteiger partial charge in [-0.1, -0.05) is 0 Å². The van der Waals surface area contributed by atoms with Crippen molar-refractivity contribution in [1.29, 1.82) is 0 Å². The van der Waals surface area contributed by atoms with Crippen LogP contribution >= 0.6 is 11.3 Å². The van der Waals surface area contributed by atoms with Gasteiger partial charge in [-0.3, -0.25) is 4.79 Å². The second kappa shape index (κ2) is 6.52. The van der Waals surface area contributed by atoms with Crippen molar-refractivity contribution in [1.82, 2.24) is 14.9 Å². The average Bonchev–Trinajstić information content (AvgIpc) is 3.17. The van der Waals surface area contributed by atoms with E-state index in [1.807, 2.05) is 7.05 Å². The maximum absolute atomic E-state index is 13.0. The predicted molar refractivity (Wildman–Crippen MR) is 97.8 cm³/mol. The lowest BCUT2D eigenvalue weighted by molar-refractivity contribution is -0.132. The van der Waals surface area contributed by atoms with Gasteiger partial charge in [-0.2, -0.15) is 0 Å². The van der Waals surface area contributed by atoms with E-state index in [1.165, 1.54) is 4.88 Å². The molecule has 1 saturated heterocycles. The Bertz CT molecular complexity index is 788. The highest BCUT2D eigenvalue weighted by Crippen LogP contribution is 2.35. The first-order chi connectivity index (χ1) is 12.0. The first-order valence-electron chi connectivity index (χ1n) is 8.89. The summed E-state index contributed by atoms with van der Waals surface area (Å²) in [5, 5.41) is 1.03. The third-order valence-corrected chi connectivity index (χ3v) is 6.29. The van der Waals surface area contributed by atoms with E-state index in [4.69, 9.17) is 0 Å². The van der Waals surface area contributed by atoms with Crippen LogP contribution in [0, 0.1) is 12.8 Å². The molecule has 3 heterocycles. The Balaban J connectivity index is 1.54. The summed E-state index contributed by atoms with van der Waals surface area (Å²) in [5.41, 5.74) is 0. The van der Waals surface area contributed by atoms with Crippen LogP contribution in [-0.2, 0) is 4.79 Å². The van der Waals surface area contributed by atoms with E-state index < -0.39 is 6.17 Å². The summed E-state index contributed by atoms with van der Waals surface area (Å²) < 4.78 is 13.0. The molecule has 134 valence electrons. The number of aryl methyl sites for hydroxylation is 1. The van der Waals surface area contributed by atoms with E-state index >= 15 is 0 Å². The molecular formula is C18H23FN4OS. The zero-order valence-corrected chi connectivity index (χ0v) is 15.4. The highest BCUT2D eigenvalue weighted by atomic mass is 32.1. The Morgan fingerprint density at radius 3 is 3.00 bits per heavy atom. The summed E-state index contributed by atoms with van der Waals surface area (Å²) in [6.07, 6.45) is 3.92. The Labute approximate surface area is 150 Å². The van der Waals surface area contributed by atoms with Gasteiger partial charge in [0.1, 0.15) is 29.2 Å². The van der Waals surface area contributed by atoms with Crippen LogP contribution in [0.4, 0.5) is 10.2 Å². The fourth-order valence-electron chi connectivity index (χ4n) is 4.00. The van der Waals surface area contributed by atoms with E-state index in [9.17, 15) is 9.18 Å². The number of amides is 1. The van der Waals surface area contributed by atoms with Gasteiger partial charge in [0, 0.05) is 25.0 Å². The van der Waals surface area contributed by atoms with Crippen LogP contribution in [0.25, 0.3) is 10.2 Å². The normalized spacial score (nSPS) is 26.0. The predicted octanol–water partition coefficient (Wildman–Crippen LogP) is 3.18. The number of rotatable bonds is 4. The average molecular weight is 362 g/mol. The maximum atomic E-state index is 13.0. The van der Waals surface area contributed by atoms with Crippen molar-refractivity contribution in [3.63, 3.8) is 0 Å². The largest absolute Gasteiger partial charge is 0.344 e. The van der Waals surface area contributed by atoms with Crippen molar-refractivity contribution in [3.05, 3.63) is 17.3 Å². The quantitative estimate of drug-likeness (QED) is 0.838. The van der Waals surface area contributed by atoms with E-state index in [0.29, 0.717) is 25.3 Å². The number of fused-ring (bicyclic) bond motifs is 1. The molecule has 4 rings (SSSR count). The van der Waals surface area contributed by atoms with Gasteiger partial charge in [0.15, 0.2) is 0 Å². The minimum atomic E-state index is -0.674. The highest BCUT2D eigenvalue weighted by Gasteiger charge is 2.37. The van der Waals surface area contributed by atoms with Crippen LogP contribution in [0.5, 0.6) is 0 Å². The van der Waals surface area contributed by atoms with E-state index in [2.05, 4.69) is 27.9 Å². The summed E-state index contributed by atoms with van der Waals surface area (Å²) >= 11 is 1.65. The van der Waals surface area contributed by atoms with Gasteiger partial charge in [0.05, 0.1) is 5.39 Å². The molecule has 1 amide bonds. The zero-order valence-electron chi connectivity index (χ0n) is 14.6. The SMILES string of the molecule is Cc1cc2c(N3CCCC3C(=O)N(C)CC3CC(F)C3)ncnc2s1. The molecule has 2 aliphatic rings. The summed E-state index contributed by atoms with van der Waals surface area (Å²) in [7, 11) is 1.84. The van der Waals surface area contributed by atoms with Gasteiger partial charge >= 0.3 is 0 Å². The molecule has 1 saturated carbocycles. The Morgan fingerprint density at radius 2 is 2.24 bits per heavy atom. The van der Waals surface area contributed by atoms with Crippen LogP contribution in [0.2, 0.25) is 0 Å². The molecule has 2 aromatic heterocycles. The van der Waals surface area contributed by atoms with Crippen LogP contribution in [0.3, 0.4) is 0 Å². The topological polar surface area (TPSA) is 49.3 Å². The third-order valence-electron chi connectivity index (χ3n) is 5.33. The second-order valence-corrected chi connectivity index (χ2v) is 8.51. The number of aromatic nitrogens is 2. The van der Waals surface area contributed by atoms with Gasteiger partial charge < -0.3 is 9.80 Å². The Morgan fingerprint density at radius 1 is 1.44 bits per heavy atom. The smallest absolute Gasteiger partial charge is 0.245 e. The summed E-state index contributed by atoms with van der Waals surface area (Å²) in [5.74, 6) is 1.30. The molecule has 0 N–H and O–H groups in total. The molecule has 25 heavy (non-hydrogen) atoms. The van der Waals surface area contributed by atoms with Crippen molar-refractivity contribution < 1.29 is 9.18 Å². The minimum Gasteiger partial charge on any atom is -0.344 e. The molecule has 0 bridgehead atoms. The molecule has 0 spiro atoms. The van der Waals surface area contributed by atoms with E-state index in [1.54, 1.807) is 22.6 Å². The third kappa shape index (κ3) is 3.10. The summed E-state index contributed by atoms with van der Waals surface area (Å²) in [6, 6.07) is 1.93. The molecule has 7 heteroatoms. The number of hydrogen-bond donors (Lipinski definition) is 0. The number of hydrogen-bond acceptors (Lipinski definition) is 5. The standard InChI is InChI=1S/C18H23FN4OS/c1-11-6-14-16(20-10-21-17(14)25-11)23-5-3-4-15(23)18(24)22(2)9-12-7-13(19)8-12/h6,10,12-13,15H,3-5,7-9H2,1-2H3. The molecule has 0 radical (unpaired) electrons. The van der Waals surface area contributed by atoms with Crippen molar-refractivity contribution in [2.24, 2.45) is 5.92 Å². The van der Waals surface area contributed by atoms with Gasteiger partial charge in [0.25, 0.3) is 0 Å². The second-order valence-electron chi connectivity index (χ2n) is 7.28. The highest BCUT2D eigenvalue weighted by molar-refractivity contribution is 7.18. The van der Waals surface area contributed by atoms with Gasteiger partial charge in [-0.05, 0) is 44.6 Å². The fraction of sp³-hybridized carbons (Fsp3) is 0.611. The monoisotopic (exact) mass is 362 g/mol. The van der Waals surface area contributed by atoms with Crippen molar-refractivity contribution in [2.75, 3.05) is 25.0 Å². The first kappa shape index (κ1) is 16.7. The first-order valence-corrected chi connectivity index (χ1v) is 9.71.